The molecule has 0 saturated heterocycles. The first-order chi connectivity index (χ1) is 6.75. The fourth-order valence-corrected chi connectivity index (χ4v) is 0.996. The monoisotopic (exact) mass is 193 g/mol. The number of pyridine rings is 1. The quantitative estimate of drug-likeness (QED) is 0.746. The van der Waals surface area contributed by atoms with Gasteiger partial charge in [-0.3, -0.25) is 4.79 Å². The summed E-state index contributed by atoms with van der Waals surface area (Å²) in [5.74, 6) is -0.972. The molecule has 2 aromatic heterocycles. The molecule has 0 atom stereocenters. The minimum Gasteiger partial charge on any atom is -0.480 e. The minimum atomic E-state index is -0.972. The van der Waals surface area contributed by atoms with Crippen molar-refractivity contribution >= 4 is 23.2 Å². The number of anilines is 1. The molecule has 6 nitrogen and oxygen atoms in total. The highest BCUT2D eigenvalue weighted by atomic mass is 16.4. The Kier molecular flexibility index (Phi) is 2.02. The summed E-state index contributed by atoms with van der Waals surface area (Å²) >= 11 is 0. The molecule has 0 radical (unpaired) electrons. The second kappa shape index (κ2) is 3.33. The lowest BCUT2D eigenvalue weighted by Crippen LogP contribution is -2.12. The largest absolute Gasteiger partial charge is 0.480 e. The lowest BCUT2D eigenvalue weighted by atomic mass is 10.5. The highest BCUT2D eigenvalue weighted by Crippen LogP contribution is 2.15. The first kappa shape index (κ1) is 8.49. The number of carboxylic acids is 1. The Bertz CT molecular complexity index is 433. The number of hydrogen-bond donors (Lipinski definition) is 2. The molecule has 72 valence electrons. The topological polar surface area (TPSA) is 88.2 Å². The predicted molar refractivity (Wildman–Crippen MR) is 47.9 cm³/mol. The lowest BCUT2D eigenvalue weighted by Gasteiger charge is -1.93. The summed E-state index contributed by atoms with van der Waals surface area (Å²) in [6.45, 7) is -0.229. The van der Waals surface area contributed by atoms with Crippen LogP contribution in [0, 0.1) is 0 Å². The van der Waals surface area contributed by atoms with Crippen LogP contribution >= 0.6 is 0 Å². The molecule has 0 unspecified atom stereocenters. The van der Waals surface area contributed by atoms with Crippen molar-refractivity contribution in [2.45, 2.75) is 0 Å². The second-order valence-corrected chi connectivity index (χ2v) is 2.59. The normalized spacial score (nSPS) is 10.3. The molecule has 2 N–H and O–H groups in total. The van der Waals surface area contributed by atoms with Crippen molar-refractivity contribution in [2.75, 3.05) is 11.9 Å². The Morgan fingerprint density at radius 1 is 1.64 bits per heavy atom. The van der Waals surface area contributed by atoms with Crippen LogP contribution in [0.3, 0.4) is 0 Å². The van der Waals surface area contributed by atoms with Crippen molar-refractivity contribution in [2.24, 2.45) is 0 Å². The number of carboxylic acid groups (broad SMARTS) is 1. The van der Waals surface area contributed by atoms with Gasteiger partial charge in [0.2, 0.25) is 5.65 Å². The van der Waals surface area contributed by atoms with Crippen molar-refractivity contribution in [1.82, 2.24) is 9.97 Å². The van der Waals surface area contributed by atoms with Gasteiger partial charge < -0.3 is 14.8 Å². The Morgan fingerprint density at radius 2 is 2.50 bits per heavy atom. The Morgan fingerprint density at radius 3 is 3.21 bits per heavy atom. The van der Waals surface area contributed by atoms with E-state index in [9.17, 15) is 4.79 Å². The Balaban J connectivity index is 2.22. The van der Waals surface area contributed by atoms with Crippen LogP contribution in [0.4, 0.5) is 6.01 Å². The third-order valence-corrected chi connectivity index (χ3v) is 1.56. The van der Waals surface area contributed by atoms with Gasteiger partial charge in [0, 0.05) is 6.20 Å². The third kappa shape index (κ3) is 1.63. The van der Waals surface area contributed by atoms with Gasteiger partial charge in [-0.05, 0) is 12.1 Å². The van der Waals surface area contributed by atoms with Gasteiger partial charge in [0.05, 0.1) is 0 Å². The molecule has 6 heteroatoms. The van der Waals surface area contributed by atoms with Crippen molar-refractivity contribution in [3.05, 3.63) is 18.3 Å². The van der Waals surface area contributed by atoms with E-state index in [2.05, 4.69) is 15.3 Å². The van der Waals surface area contributed by atoms with Crippen LogP contribution in [0.5, 0.6) is 0 Å². The maximum Gasteiger partial charge on any atom is 0.323 e. The molecule has 0 aliphatic heterocycles. The highest BCUT2D eigenvalue weighted by Gasteiger charge is 2.06. The van der Waals surface area contributed by atoms with E-state index in [0.29, 0.717) is 11.2 Å². The maximum absolute atomic E-state index is 10.2. The Labute approximate surface area is 78.6 Å². The van der Waals surface area contributed by atoms with Gasteiger partial charge >= 0.3 is 5.97 Å². The summed E-state index contributed by atoms with van der Waals surface area (Å²) in [4.78, 5) is 18.1. The van der Waals surface area contributed by atoms with E-state index in [4.69, 9.17) is 9.52 Å². The number of oxazole rings is 1. The first-order valence-corrected chi connectivity index (χ1v) is 3.93. The van der Waals surface area contributed by atoms with E-state index in [-0.39, 0.29) is 12.6 Å². The summed E-state index contributed by atoms with van der Waals surface area (Å²) in [6.07, 6.45) is 1.59. The van der Waals surface area contributed by atoms with Crippen molar-refractivity contribution in [3.63, 3.8) is 0 Å². The van der Waals surface area contributed by atoms with Crippen LogP contribution in [0.15, 0.2) is 22.7 Å². The lowest BCUT2D eigenvalue weighted by molar-refractivity contribution is -0.134. The highest BCUT2D eigenvalue weighted by molar-refractivity contribution is 5.73. The minimum absolute atomic E-state index is 0.168. The predicted octanol–water partition coefficient (Wildman–Crippen LogP) is 0.719. The first-order valence-electron chi connectivity index (χ1n) is 3.93. The average molecular weight is 193 g/mol. The molecule has 0 saturated carbocycles. The van der Waals surface area contributed by atoms with E-state index >= 15 is 0 Å². The van der Waals surface area contributed by atoms with E-state index < -0.39 is 5.97 Å². The van der Waals surface area contributed by atoms with Gasteiger partial charge in [-0.2, -0.15) is 4.98 Å². The van der Waals surface area contributed by atoms with Crippen molar-refractivity contribution in [1.29, 1.82) is 0 Å². The van der Waals surface area contributed by atoms with Gasteiger partial charge in [-0.15, -0.1) is 0 Å². The van der Waals surface area contributed by atoms with Crippen LogP contribution in [-0.2, 0) is 4.79 Å². The number of aromatic nitrogens is 2. The number of rotatable bonds is 3. The van der Waals surface area contributed by atoms with Gasteiger partial charge in [-0.25, -0.2) is 4.98 Å². The van der Waals surface area contributed by atoms with Crippen LogP contribution in [0.25, 0.3) is 11.2 Å². The Hall–Kier alpha value is -2.11. The second-order valence-electron chi connectivity index (χ2n) is 2.59. The molecule has 0 fully saturated rings. The number of nitrogens with zero attached hydrogens (tertiary/aromatic N) is 2. The third-order valence-electron chi connectivity index (χ3n) is 1.56. The number of hydrogen-bond acceptors (Lipinski definition) is 5. The average Bonchev–Trinajstić information content (AvgIpc) is 2.57. The van der Waals surface area contributed by atoms with Gasteiger partial charge in [-0.1, -0.05) is 0 Å². The summed E-state index contributed by atoms with van der Waals surface area (Å²) in [7, 11) is 0. The maximum atomic E-state index is 10.2. The summed E-state index contributed by atoms with van der Waals surface area (Å²) in [5, 5.41) is 10.9. The zero-order chi connectivity index (χ0) is 9.97. The van der Waals surface area contributed by atoms with E-state index in [1.54, 1.807) is 18.3 Å². The van der Waals surface area contributed by atoms with Crippen molar-refractivity contribution in [3.8, 4) is 0 Å². The molecular formula is C8H7N3O3. The molecule has 14 heavy (non-hydrogen) atoms. The molecule has 2 heterocycles. The summed E-state index contributed by atoms with van der Waals surface area (Å²) < 4.78 is 5.17. The summed E-state index contributed by atoms with van der Waals surface area (Å²) in [5.41, 5.74) is 0.987. The van der Waals surface area contributed by atoms with Crippen LogP contribution < -0.4 is 5.32 Å². The number of carbonyl (C=O) groups is 1. The van der Waals surface area contributed by atoms with Crippen LogP contribution in [-0.4, -0.2) is 27.6 Å². The number of fused-ring (bicyclic) bond motifs is 1. The van der Waals surface area contributed by atoms with Gasteiger partial charge in [0.1, 0.15) is 6.54 Å². The van der Waals surface area contributed by atoms with Gasteiger partial charge in [0.15, 0.2) is 5.58 Å². The van der Waals surface area contributed by atoms with Crippen LogP contribution in [0.1, 0.15) is 0 Å². The van der Waals surface area contributed by atoms with Crippen molar-refractivity contribution < 1.29 is 14.3 Å². The SMILES string of the molecule is O=C(O)CNc1nc2ncccc2o1. The molecule has 0 spiro atoms. The molecular weight excluding hydrogens is 186 g/mol. The van der Waals surface area contributed by atoms with Crippen LogP contribution in [0.2, 0.25) is 0 Å². The molecule has 0 aliphatic rings. The fraction of sp³-hybridized carbons (Fsp3) is 0.125. The van der Waals surface area contributed by atoms with Gasteiger partial charge in [0.25, 0.3) is 6.01 Å². The zero-order valence-corrected chi connectivity index (χ0v) is 7.10. The number of nitrogens with one attached hydrogen (secondary N) is 1. The smallest absolute Gasteiger partial charge is 0.323 e. The van der Waals surface area contributed by atoms with E-state index in [1.807, 2.05) is 0 Å². The fourth-order valence-electron chi connectivity index (χ4n) is 0.996. The standard InChI is InChI=1S/C8H7N3O3/c12-6(13)4-10-8-11-7-5(14-8)2-1-3-9-7/h1-3H,4H2,(H,12,13)(H,9,10,11). The molecule has 0 amide bonds. The summed E-state index contributed by atoms with van der Waals surface area (Å²) in [6, 6.07) is 3.59. The molecule has 2 rings (SSSR count). The molecule has 0 aliphatic carbocycles. The van der Waals surface area contributed by atoms with E-state index in [1.165, 1.54) is 0 Å². The number of aliphatic carboxylic acids is 1. The zero-order valence-electron chi connectivity index (χ0n) is 7.10. The molecule has 2 aromatic rings. The molecule has 0 bridgehead atoms. The molecule has 0 aromatic carbocycles. The van der Waals surface area contributed by atoms with E-state index in [0.717, 1.165) is 0 Å².